The molecule has 1 saturated heterocycles. The van der Waals surface area contributed by atoms with E-state index in [0.29, 0.717) is 19.8 Å². The molecule has 1 aromatic rings. The summed E-state index contributed by atoms with van der Waals surface area (Å²) in [6, 6.07) is 4.60. The monoisotopic (exact) mass is 454 g/mol. The molecule has 0 radical (unpaired) electrons. The van der Waals surface area contributed by atoms with E-state index in [1.165, 1.54) is 24.6 Å². The number of morpholine rings is 1. The summed E-state index contributed by atoms with van der Waals surface area (Å²) in [5, 5.41) is 2.90. The lowest BCUT2D eigenvalue weighted by molar-refractivity contribution is -0.144. The van der Waals surface area contributed by atoms with Crippen LogP contribution in [0.5, 0.6) is 0 Å². The summed E-state index contributed by atoms with van der Waals surface area (Å²) in [5.41, 5.74) is -0.680. The quantitative estimate of drug-likeness (QED) is 0.505. The van der Waals surface area contributed by atoms with E-state index in [2.05, 4.69) is 10.2 Å². The Balaban J connectivity index is 1.47. The van der Waals surface area contributed by atoms with Gasteiger partial charge in [-0.05, 0) is 36.6 Å². The largest absolute Gasteiger partial charge is 0.452 e. The minimum Gasteiger partial charge on any atom is -0.452 e. The van der Waals surface area contributed by atoms with Gasteiger partial charge in [-0.1, -0.05) is 31.4 Å². The molecule has 32 heavy (non-hydrogen) atoms. The molecule has 1 aliphatic carbocycles. The van der Waals surface area contributed by atoms with Crippen molar-refractivity contribution in [2.75, 3.05) is 39.5 Å². The zero-order chi connectivity index (χ0) is 23.0. The number of benzene rings is 1. The molecule has 1 aliphatic heterocycles. The number of rotatable bonds is 7. The van der Waals surface area contributed by atoms with E-state index in [0.717, 1.165) is 57.0 Å². The van der Waals surface area contributed by atoms with Crippen LogP contribution in [-0.2, 0) is 25.2 Å². The van der Waals surface area contributed by atoms with Crippen molar-refractivity contribution in [2.24, 2.45) is 0 Å². The molecule has 1 N–H and O–H groups in total. The molecule has 1 saturated carbocycles. The molecule has 0 bridgehead atoms. The van der Waals surface area contributed by atoms with Gasteiger partial charge in [-0.15, -0.1) is 0 Å². The first-order valence-corrected chi connectivity index (χ1v) is 10.9. The van der Waals surface area contributed by atoms with Crippen LogP contribution in [0, 0.1) is 0 Å². The third kappa shape index (κ3) is 6.80. The number of halogens is 3. The van der Waals surface area contributed by atoms with Crippen LogP contribution in [0.1, 0.15) is 43.2 Å². The standard InChI is InChI=1S/C23H29F3N2O4/c24-23(25,26)19-6-4-5-18(15-19)7-8-21(30)32-16-20(29)27-17-22(9-2-1-3-10-22)28-11-13-31-14-12-28/h4-8,15H,1-3,9-14,16-17H2,(H,27,29)/b8-7+. The number of hydrogen-bond acceptors (Lipinski definition) is 5. The lowest BCUT2D eigenvalue weighted by Gasteiger charge is -2.48. The van der Waals surface area contributed by atoms with Gasteiger partial charge in [0.15, 0.2) is 6.61 Å². The molecule has 176 valence electrons. The van der Waals surface area contributed by atoms with Gasteiger partial charge in [-0.25, -0.2) is 4.79 Å². The number of ether oxygens (including phenoxy) is 2. The van der Waals surface area contributed by atoms with Gasteiger partial charge >= 0.3 is 12.1 Å². The second kappa shape index (κ2) is 11.0. The summed E-state index contributed by atoms with van der Waals surface area (Å²) >= 11 is 0. The van der Waals surface area contributed by atoms with Gasteiger partial charge in [0.2, 0.25) is 0 Å². The lowest BCUT2D eigenvalue weighted by Crippen LogP contribution is -2.59. The van der Waals surface area contributed by atoms with Crippen molar-refractivity contribution in [2.45, 2.75) is 43.8 Å². The second-order valence-corrected chi connectivity index (χ2v) is 8.23. The first kappa shape index (κ1) is 24.3. The minimum absolute atomic E-state index is 0.0922. The summed E-state index contributed by atoms with van der Waals surface area (Å²) in [6.07, 6.45) is 3.21. The maximum Gasteiger partial charge on any atom is 0.416 e. The molecule has 0 aromatic heterocycles. The molecule has 0 unspecified atom stereocenters. The van der Waals surface area contributed by atoms with Crippen LogP contribution in [0.25, 0.3) is 6.08 Å². The van der Waals surface area contributed by atoms with E-state index in [1.807, 2.05) is 0 Å². The van der Waals surface area contributed by atoms with Crippen molar-refractivity contribution in [1.82, 2.24) is 10.2 Å². The highest BCUT2D eigenvalue weighted by atomic mass is 19.4. The first-order chi connectivity index (χ1) is 15.3. The number of carbonyl (C=O) groups is 2. The van der Waals surface area contributed by atoms with Crippen LogP contribution in [0.3, 0.4) is 0 Å². The molecular formula is C23H29F3N2O4. The fraction of sp³-hybridized carbons (Fsp3) is 0.565. The van der Waals surface area contributed by atoms with Crippen LogP contribution in [-0.4, -0.2) is 61.8 Å². The lowest BCUT2D eigenvalue weighted by atomic mass is 9.79. The molecule has 3 rings (SSSR count). The summed E-state index contributed by atoms with van der Waals surface area (Å²) < 4.78 is 48.7. The Morgan fingerprint density at radius 1 is 1.16 bits per heavy atom. The van der Waals surface area contributed by atoms with Crippen LogP contribution in [0.4, 0.5) is 13.2 Å². The minimum atomic E-state index is -4.46. The molecule has 1 heterocycles. The third-order valence-electron chi connectivity index (χ3n) is 6.05. The van der Waals surface area contributed by atoms with Crippen molar-refractivity contribution in [3.05, 3.63) is 41.5 Å². The summed E-state index contributed by atoms with van der Waals surface area (Å²) in [5.74, 6) is -1.19. The predicted octanol–water partition coefficient (Wildman–Crippen LogP) is 3.41. The number of hydrogen-bond donors (Lipinski definition) is 1. The van der Waals surface area contributed by atoms with Crippen molar-refractivity contribution >= 4 is 18.0 Å². The topological polar surface area (TPSA) is 67.9 Å². The molecule has 2 aliphatic rings. The van der Waals surface area contributed by atoms with E-state index in [-0.39, 0.29) is 11.1 Å². The van der Waals surface area contributed by atoms with Crippen molar-refractivity contribution < 1.29 is 32.2 Å². The van der Waals surface area contributed by atoms with Gasteiger partial charge in [0.25, 0.3) is 5.91 Å². The molecule has 9 heteroatoms. The van der Waals surface area contributed by atoms with Crippen LogP contribution in [0.2, 0.25) is 0 Å². The van der Waals surface area contributed by atoms with E-state index < -0.39 is 30.2 Å². The smallest absolute Gasteiger partial charge is 0.416 e. The Morgan fingerprint density at radius 3 is 2.56 bits per heavy atom. The second-order valence-electron chi connectivity index (χ2n) is 8.23. The maximum absolute atomic E-state index is 12.8. The van der Waals surface area contributed by atoms with Crippen molar-refractivity contribution in [3.8, 4) is 0 Å². The summed E-state index contributed by atoms with van der Waals surface area (Å²) in [6.45, 7) is 3.10. The number of carbonyl (C=O) groups excluding carboxylic acids is 2. The van der Waals surface area contributed by atoms with Gasteiger partial charge in [0, 0.05) is 31.2 Å². The fourth-order valence-electron chi connectivity index (χ4n) is 4.33. The molecule has 2 fully saturated rings. The van der Waals surface area contributed by atoms with Crippen LogP contribution >= 0.6 is 0 Å². The zero-order valence-electron chi connectivity index (χ0n) is 18.0. The fourth-order valence-corrected chi connectivity index (χ4v) is 4.33. The Kier molecular flexibility index (Phi) is 8.31. The average Bonchev–Trinajstić information content (AvgIpc) is 2.81. The normalized spacial score (nSPS) is 19.6. The van der Waals surface area contributed by atoms with E-state index in [9.17, 15) is 22.8 Å². The number of esters is 1. The SMILES string of the molecule is O=C(COC(=O)/C=C/c1cccc(C(F)(F)F)c1)NCC1(N2CCOCC2)CCCCC1. The van der Waals surface area contributed by atoms with Crippen LogP contribution in [0.15, 0.2) is 30.3 Å². The Morgan fingerprint density at radius 2 is 1.88 bits per heavy atom. The van der Waals surface area contributed by atoms with E-state index >= 15 is 0 Å². The third-order valence-corrected chi connectivity index (χ3v) is 6.05. The number of alkyl halides is 3. The molecule has 0 spiro atoms. The van der Waals surface area contributed by atoms with Gasteiger partial charge in [0.05, 0.1) is 18.8 Å². The zero-order valence-corrected chi connectivity index (χ0v) is 18.0. The average molecular weight is 454 g/mol. The number of nitrogens with one attached hydrogen (secondary N) is 1. The van der Waals surface area contributed by atoms with Gasteiger partial charge in [-0.3, -0.25) is 9.69 Å². The van der Waals surface area contributed by atoms with Gasteiger partial charge in [0.1, 0.15) is 0 Å². The molecule has 0 atom stereocenters. The Labute approximate surface area is 185 Å². The van der Waals surface area contributed by atoms with Crippen molar-refractivity contribution in [3.63, 3.8) is 0 Å². The van der Waals surface area contributed by atoms with Gasteiger partial charge in [-0.2, -0.15) is 13.2 Å². The number of amides is 1. The Bertz CT molecular complexity index is 814. The number of nitrogens with zero attached hydrogens (tertiary/aromatic N) is 1. The highest BCUT2D eigenvalue weighted by Gasteiger charge is 2.38. The molecule has 1 aromatic carbocycles. The highest BCUT2D eigenvalue weighted by molar-refractivity contribution is 5.89. The highest BCUT2D eigenvalue weighted by Crippen LogP contribution is 2.34. The van der Waals surface area contributed by atoms with Crippen LogP contribution < -0.4 is 5.32 Å². The summed E-state index contributed by atoms with van der Waals surface area (Å²) in [7, 11) is 0. The Hall–Kier alpha value is -2.39. The molecular weight excluding hydrogens is 425 g/mol. The molecule has 1 amide bonds. The predicted molar refractivity (Wildman–Crippen MR) is 113 cm³/mol. The maximum atomic E-state index is 12.8. The summed E-state index contributed by atoms with van der Waals surface area (Å²) in [4.78, 5) is 26.6. The van der Waals surface area contributed by atoms with E-state index in [4.69, 9.17) is 9.47 Å². The van der Waals surface area contributed by atoms with Gasteiger partial charge < -0.3 is 14.8 Å². The first-order valence-electron chi connectivity index (χ1n) is 10.9. The molecule has 6 nitrogen and oxygen atoms in total. The van der Waals surface area contributed by atoms with E-state index in [1.54, 1.807) is 0 Å². The van der Waals surface area contributed by atoms with Crippen molar-refractivity contribution in [1.29, 1.82) is 0 Å².